The van der Waals surface area contributed by atoms with Crippen LogP contribution in [-0.4, -0.2) is 97.0 Å². The molecule has 1 aromatic carbocycles. The smallest absolute Gasteiger partial charge is 0.311 e. The van der Waals surface area contributed by atoms with Gasteiger partial charge in [-0.3, -0.25) is 4.79 Å². The number of esters is 1. The van der Waals surface area contributed by atoms with Crippen LogP contribution in [0.15, 0.2) is 24.3 Å². The number of aliphatic hydroxyl groups is 4. The zero-order valence-electron chi connectivity index (χ0n) is 29.4. The van der Waals surface area contributed by atoms with Crippen LogP contribution in [0.1, 0.15) is 88.0 Å². The summed E-state index contributed by atoms with van der Waals surface area (Å²) in [5.74, 6) is -1.88. The highest BCUT2D eigenvalue weighted by Gasteiger charge is 2.47. The van der Waals surface area contributed by atoms with Crippen molar-refractivity contribution < 1.29 is 39.4 Å². The lowest BCUT2D eigenvalue weighted by atomic mass is 9.80. The van der Waals surface area contributed by atoms with Crippen molar-refractivity contribution in [2.45, 2.75) is 142 Å². The summed E-state index contributed by atoms with van der Waals surface area (Å²) < 4.78 is 18.5. The van der Waals surface area contributed by atoms with Crippen LogP contribution in [0.2, 0.25) is 5.02 Å². The first-order chi connectivity index (χ1) is 21.8. The van der Waals surface area contributed by atoms with E-state index < -0.39 is 65.9 Å². The lowest BCUT2D eigenvalue weighted by molar-refractivity contribution is -0.262. The maximum absolute atomic E-state index is 13.8. The molecule has 0 aromatic heterocycles. The molecule has 47 heavy (non-hydrogen) atoms. The Morgan fingerprint density at radius 1 is 1.11 bits per heavy atom. The van der Waals surface area contributed by atoms with Gasteiger partial charge in [0.2, 0.25) is 0 Å². The Morgan fingerprint density at radius 2 is 1.77 bits per heavy atom. The second-order valence-corrected chi connectivity index (χ2v) is 15.5. The van der Waals surface area contributed by atoms with Gasteiger partial charge in [-0.05, 0) is 102 Å². The van der Waals surface area contributed by atoms with E-state index in [9.17, 15) is 25.2 Å². The standard InChI is InChI=1S/C35H57ClN2O8S/c1-10-27-35(9,43)31(40)23(6)38(33(47)37-26-13-11-12-25(36)15-26)18-19(2)16-34(8,42)17-21(4)30(22(5)32(41)45-27)46-28-14-20(3)29(39)24(7)44-28/h11-13,15,19-24,27-31,39-40,42-43H,10,14,16-18H2,1-9H3,(H,37,47)/t19-,20?,21-,22?,23?,24?,27-,28+,29-,30+,31?,34-,35-/m1/s1. The maximum Gasteiger partial charge on any atom is 0.311 e. The molecule has 2 aliphatic heterocycles. The van der Waals surface area contributed by atoms with Gasteiger partial charge < -0.3 is 44.9 Å². The number of carbonyl (C=O) groups is 1. The molecule has 13 atom stereocenters. The molecule has 2 saturated heterocycles. The summed E-state index contributed by atoms with van der Waals surface area (Å²) in [4.78, 5) is 15.6. The van der Waals surface area contributed by atoms with Crippen LogP contribution < -0.4 is 5.32 Å². The van der Waals surface area contributed by atoms with Gasteiger partial charge in [-0.2, -0.15) is 0 Å². The van der Waals surface area contributed by atoms with Gasteiger partial charge in [0.25, 0.3) is 0 Å². The van der Waals surface area contributed by atoms with Gasteiger partial charge in [0, 0.05) is 23.7 Å². The Kier molecular flexibility index (Phi) is 13.9. The monoisotopic (exact) mass is 700 g/mol. The van der Waals surface area contributed by atoms with E-state index in [0.717, 1.165) is 0 Å². The highest BCUT2D eigenvalue weighted by molar-refractivity contribution is 7.80. The summed E-state index contributed by atoms with van der Waals surface area (Å²) in [5.41, 5.74) is -2.33. The first-order valence-corrected chi connectivity index (χ1v) is 17.7. The molecule has 2 heterocycles. The van der Waals surface area contributed by atoms with E-state index >= 15 is 0 Å². The molecule has 0 radical (unpaired) electrons. The van der Waals surface area contributed by atoms with Gasteiger partial charge >= 0.3 is 5.97 Å². The zero-order valence-corrected chi connectivity index (χ0v) is 30.9. The Labute approximate surface area is 291 Å². The van der Waals surface area contributed by atoms with Crippen LogP contribution >= 0.6 is 23.8 Å². The summed E-state index contributed by atoms with van der Waals surface area (Å²) in [6, 6.07) is 6.40. The molecular formula is C35H57ClN2O8S. The molecule has 2 aliphatic rings. The average molecular weight is 701 g/mol. The highest BCUT2D eigenvalue weighted by Crippen LogP contribution is 2.36. The third-order valence-electron chi connectivity index (χ3n) is 9.95. The van der Waals surface area contributed by atoms with Gasteiger partial charge in [0.15, 0.2) is 11.4 Å². The molecule has 0 spiro atoms. The molecule has 0 bridgehead atoms. The highest BCUT2D eigenvalue weighted by atomic mass is 35.5. The normalized spacial score (nSPS) is 41.4. The van der Waals surface area contributed by atoms with E-state index in [1.807, 2.05) is 26.8 Å². The second-order valence-electron chi connectivity index (χ2n) is 14.7. The molecule has 5 N–H and O–H groups in total. The Balaban J connectivity index is 1.99. The minimum atomic E-state index is -1.85. The number of halogens is 1. The van der Waals surface area contributed by atoms with Crippen LogP contribution in [0.25, 0.3) is 0 Å². The van der Waals surface area contributed by atoms with Crippen molar-refractivity contribution >= 4 is 40.6 Å². The summed E-state index contributed by atoms with van der Waals surface area (Å²) >= 11 is 12.0. The van der Waals surface area contributed by atoms with Crippen LogP contribution in [0.5, 0.6) is 0 Å². The predicted octanol–water partition coefficient (Wildman–Crippen LogP) is 5.13. The topological polar surface area (TPSA) is 141 Å². The van der Waals surface area contributed by atoms with Gasteiger partial charge in [-0.25, -0.2) is 0 Å². The lowest BCUT2D eigenvalue weighted by Gasteiger charge is -2.44. The van der Waals surface area contributed by atoms with Crippen LogP contribution in [-0.2, 0) is 19.0 Å². The lowest BCUT2D eigenvalue weighted by Crippen LogP contribution is -2.61. The predicted molar refractivity (Wildman–Crippen MR) is 187 cm³/mol. The fourth-order valence-electron chi connectivity index (χ4n) is 7.38. The molecule has 3 rings (SSSR count). The summed E-state index contributed by atoms with van der Waals surface area (Å²) in [5, 5.41) is 49.8. The van der Waals surface area contributed by atoms with Crippen molar-refractivity contribution in [3.63, 3.8) is 0 Å². The largest absolute Gasteiger partial charge is 0.459 e. The van der Waals surface area contributed by atoms with E-state index in [0.29, 0.717) is 41.6 Å². The molecule has 0 aliphatic carbocycles. The molecule has 0 saturated carbocycles. The molecule has 5 unspecified atom stereocenters. The second kappa shape index (κ2) is 16.4. The summed E-state index contributed by atoms with van der Waals surface area (Å²) in [7, 11) is 0. The number of ether oxygens (including phenoxy) is 3. The number of benzene rings is 1. The summed E-state index contributed by atoms with van der Waals surface area (Å²) in [6.07, 6.45) is -3.48. The Hall–Kier alpha value is -1.57. The SMILES string of the molecule is CC[C@H]1OC(=O)C(C)[C@@H](O[C@H]2CC(C)[C@@H](O)C(C)O2)[C@H](C)C[C@](C)(O)C[C@@H](C)CN(C(=S)Nc2cccc(Cl)c2)C(C)C(O)[C@]1(C)O. The number of hydrogen-bond donors (Lipinski definition) is 5. The van der Waals surface area contributed by atoms with Crippen LogP contribution in [0, 0.1) is 23.7 Å². The van der Waals surface area contributed by atoms with Crippen LogP contribution in [0.4, 0.5) is 5.69 Å². The van der Waals surface area contributed by atoms with E-state index in [1.165, 1.54) is 6.92 Å². The number of thiocarbonyl (C=S) groups is 1. The number of nitrogens with one attached hydrogen (secondary N) is 1. The van der Waals surface area contributed by atoms with Gasteiger partial charge in [0.05, 0.1) is 35.9 Å². The minimum absolute atomic E-state index is 0.0713. The van der Waals surface area contributed by atoms with E-state index in [2.05, 4.69) is 5.32 Å². The van der Waals surface area contributed by atoms with E-state index in [-0.39, 0.29) is 24.2 Å². The number of aliphatic hydroxyl groups excluding tert-OH is 2. The number of cyclic esters (lactones) is 1. The van der Waals surface area contributed by atoms with Crippen molar-refractivity contribution in [2.24, 2.45) is 23.7 Å². The Bertz CT molecular complexity index is 1190. The van der Waals surface area contributed by atoms with Crippen molar-refractivity contribution in [3.05, 3.63) is 29.3 Å². The molecule has 2 fully saturated rings. The van der Waals surface area contributed by atoms with Crippen LogP contribution in [0.3, 0.4) is 0 Å². The maximum atomic E-state index is 13.8. The first kappa shape index (κ1) is 39.9. The van der Waals surface area contributed by atoms with E-state index in [1.54, 1.807) is 57.7 Å². The first-order valence-electron chi connectivity index (χ1n) is 16.9. The fraction of sp³-hybridized carbons (Fsp3) is 0.771. The van der Waals surface area contributed by atoms with Crippen molar-refractivity contribution in [2.75, 3.05) is 11.9 Å². The number of nitrogens with zero attached hydrogens (tertiary/aromatic N) is 1. The molecule has 1 aromatic rings. The van der Waals surface area contributed by atoms with Crippen molar-refractivity contribution in [3.8, 4) is 0 Å². The molecular weight excluding hydrogens is 644 g/mol. The Morgan fingerprint density at radius 3 is 2.36 bits per heavy atom. The summed E-state index contributed by atoms with van der Waals surface area (Å²) in [6.45, 7) is 16.5. The van der Waals surface area contributed by atoms with Crippen molar-refractivity contribution in [1.82, 2.24) is 4.90 Å². The average Bonchev–Trinajstić information content (AvgIpc) is 2.97. The van der Waals surface area contributed by atoms with Gasteiger partial charge in [-0.15, -0.1) is 0 Å². The van der Waals surface area contributed by atoms with Gasteiger partial charge in [0.1, 0.15) is 17.8 Å². The number of hydrogen-bond acceptors (Lipinski definition) is 9. The molecule has 12 heteroatoms. The number of rotatable bonds is 4. The number of carbonyl (C=O) groups excluding carboxylic acids is 1. The molecule has 268 valence electrons. The third-order valence-corrected chi connectivity index (χ3v) is 10.5. The fourth-order valence-corrected chi connectivity index (χ4v) is 7.92. The van der Waals surface area contributed by atoms with Gasteiger partial charge in [-0.1, -0.05) is 45.4 Å². The third kappa shape index (κ3) is 10.2. The number of anilines is 1. The van der Waals surface area contributed by atoms with Crippen molar-refractivity contribution in [1.29, 1.82) is 0 Å². The quantitative estimate of drug-likeness (QED) is 0.211. The zero-order chi connectivity index (χ0) is 35.4. The minimum Gasteiger partial charge on any atom is -0.459 e. The molecule has 0 amide bonds. The molecule has 10 nitrogen and oxygen atoms in total. The van der Waals surface area contributed by atoms with E-state index in [4.69, 9.17) is 38.0 Å².